The van der Waals surface area contributed by atoms with Crippen molar-refractivity contribution < 1.29 is 14.3 Å². The smallest absolute Gasteiger partial charge is 0.227 e. The molecule has 2 fully saturated rings. The number of carbonyl (C=O) groups is 1. The fraction of sp³-hybridized carbons (Fsp3) is 0.562. The van der Waals surface area contributed by atoms with Crippen LogP contribution >= 0.6 is 0 Å². The number of carbonyl (C=O) groups excluding carboxylic acids is 1. The Balaban J connectivity index is 1.83. The molecule has 4 heteroatoms. The third kappa shape index (κ3) is 2.60. The fourth-order valence-electron chi connectivity index (χ4n) is 3.03. The first-order valence-electron chi connectivity index (χ1n) is 7.43. The molecule has 20 heavy (non-hydrogen) atoms. The van der Waals surface area contributed by atoms with Crippen molar-refractivity contribution in [2.45, 2.75) is 44.6 Å². The Labute approximate surface area is 119 Å². The summed E-state index contributed by atoms with van der Waals surface area (Å²) in [7, 11) is 1.65. The van der Waals surface area contributed by atoms with Crippen LogP contribution in [0.3, 0.4) is 0 Å². The number of anilines is 1. The van der Waals surface area contributed by atoms with E-state index in [4.69, 9.17) is 9.47 Å². The van der Waals surface area contributed by atoms with E-state index in [9.17, 15) is 4.79 Å². The molecule has 4 nitrogen and oxygen atoms in total. The molecule has 1 amide bonds. The number of nitrogens with zero attached hydrogens (tertiary/aromatic N) is 1. The van der Waals surface area contributed by atoms with Gasteiger partial charge in [-0.25, -0.2) is 0 Å². The van der Waals surface area contributed by atoms with Gasteiger partial charge in [0.15, 0.2) is 11.5 Å². The second kappa shape index (κ2) is 5.73. The lowest BCUT2D eigenvalue weighted by atomic mass is 10.2. The molecular weight excluding hydrogens is 254 g/mol. The molecule has 0 atom stereocenters. The molecule has 1 aromatic carbocycles. The van der Waals surface area contributed by atoms with E-state index in [2.05, 4.69) is 0 Å². The van der Waals surface area contributed by atoms with Gasteiger partial charge >= 0.3 is 0 Å². The van der Waals surface area contributed by atoms with Crippen LogP contribution in [0.1, 0.15) is 38.5 Å². The summed E-state index contributed by atoms with van der Waals surface area (Å²) >= 11 is 0. The summed E-state index contributed by atoms with van der Waals surface area (Å²) in [4.78, 5) is 13.7. The van der Waals surface area contributed by atoms with Crippen molar-refractivity contribution >= 4 is 11.6 Å². The summed E-state index contributed by atoms with van der Waals surface area (Å²) < 4.78 is 11.4. The van der Waals surface area contributed by atoms with Crippen LogP contribution in [-0.2, 0) is 4.79 Å². The number of hydrogen-bond donors (Lipinski definition) is 0. The average Bonchev–Trinajstić information content (AvgIpc) is 3.10. The molecule has 108 valence electrons. The van der Waals surface area contributed by atoms with Gasteiger partial charge in [-0.05, 0) is 44.2 Å². The SMILES string of the molecule is COc1ccc(N2CCCC2=O)cc1OC1CCCC1. The Morgan fingerprint density at radius 3 is 2.60 bits per heavy atom. The predicted octanol–water partition coefficient (Wildman–Crippen LogP) is 3.14. The summed E-state index contributed by atoms with van der Waals surface area (Å²) in [6.45, 7) is 0.800. The van der Waals surface area contributed by atoms with E-state index < -0.39 is 0 Å². The Bertz CT molecular complexity index is 494. The van der Waals surface area contributed by atoms with Gasteiger partial charge < -0.3 is 14.4 Å². The highest BCUT2D eigenvalue weighted by atomic mass is 16.5. The molecule has 0 aromatic heterocycles. The van der Waals surface area contributed by atoms with Crippen LogP contribution in [0, 0.1) is 0 Å². The molecule has 1 aliphatic heterocycles. The number of ether oxygens (including phenoxy) is 2. The van der Waals surface area contributed by atoms with Gasteiger partial charge in [-0.15, -0.1) is 0 Å². The van der Waals surface area contributed by atoms with Crippen LogP contribution in [0.5, 0.6) is 11.5 Å². The minimum Gasteiger partial charge on any atom is -0.493 e. The third-order valence-corrected chi connectivity index (χ3v) is 4.13. The Morgan fingerprint density at radius 1 is 1.15 bits per heavy atom. The molecule has 0 radical (unpaired) electrons. The number of benzene rings is 1. The minimum atomic E-state index is 0.196. The number of methoxy groups -OCH3 is 1. The predicted molar refractivity (Wildman–Crippen MR) is 77.5 cm³/mol. The quantitative estimate of drug-likeness (QED) is 0.847. The van der Waals surface area contributed by atoms with Crippen molar-refractivity contribution in [3.05, 3.63) is 18.2 Å². The molecule has 1 saturated carbocycles. The molecule has 0 bridgehead atoms. The van der Waals surface area contributed by atoms with E-state index in [1.54, 1.807) is 7.11 Å². The Morgan fingerprint density at radius 2 is 1.95 bits per heavy atom. The van der Waals surface area contributed by atoms with E-state index in [0.29, 0.717) is 6.42 Å². The van der Waals surface area contributed by atoms with Gasteiger partial charge in [-0.3, -0.25) is 4.79 Å². The summed E-state index contributed by atoms with van der Waals surface area (Å²) in [6, 6.07) is 5.77. The van der Waals surface area contributed by atoms with Crippen LogP contribution < -0.4 is 14.4 Å². The highest BCUT2D eigenvalue weighted by Crippen LogP contribution is 2.36. The molecule has 0 spiro atoms. The zero-order chi connectivity index (χ0) is 13.9. The van der Waals surface area contributed by atoms with E-state index >= 15 is 0 Å². The molecule has 1 saturated heterocycles. The minimum absolute atomic E-state index is 0.196. The second-order valence-corrected chi connectivity index (χ2v) is 5.51. The first-order chi connectivity index (χ1) is 9.78. The average molecular weight is 275 g/mol. The van der Waals surface area contributed by atoms with E-state index in [0.717, 1.165) is 43.0 Å². The van der Waals surface area contributed by atoms with Gasteiger partial charge in [0.1, 0.15) is 0 Å². The van der Waals surface area contributed by atoms with Crippen LogP contribution in [0.2, 0.25) is 0 Å². The molecule has 1 aromatic rings. The summed E-state index contributed by atoms with van der Waals surface area (Å²) in [5, 5.41) is 0. The Kier molecular flexibility index (Phi) is 3.81. The maximum absolute atomic E-state index is 11.8. The van der Waals surface area contributed by atoms with Gasteiger partial charge in [-0.1, -0.05) is 0 Å². The van der Waals surface area contributed by atoms with Gasteiger partial charge in [-0.2, -0.15) is 0 Å². The van der Waals surface area contributed by atoms with E-state index in [1.807, 2.05) is 23.1 Å². The molecule has 1 aliphatic carbocycles. The van der Waals surface area contributed by atoms with Gasteiger partial charge in [0.05, 0.1) is 13.2 Å². The highest BCUT2D eigenvalue weighted by Gasteiger charge is 2.24. The Hall–Kier alpha value is -1.71. The van der Waals surface area contributed by atoms with Crippen molar-refractivity contribution in [2.24, 2.45) is 0 Å². The molecule has 0 N–H and O–H groups in total. The van der Waals surface area contributed by atoms with Gasteiger partial charge in [0.25, 0.3) is 0 Å². The number of rotatable bonds is 4. The van der Waals surface area contributed by atoms with Crippen LogP contribution in [0.25, 0.3) is 0 Å². The lowest BCUT2D eigenvalue weighted by Gasteiger charge is -2.20. The zero-order valence-electron chi connectivity index (χ0n) is 11.9. The van der Waals surface area contributed by atoms with Crippen molar-refractivity contribution in [3.63, 3.8) is 0 Å². The molecule has 3 rings (SSSR count). The first kappa shape index (κ1) is 13.3. The lowest BCUT2D eigenvalue weighted by Crippen LogP contribution is -2.23. The first-order valence-corrected chi connectivity index (χ1v) is 7.43. The maximum Gasteiger partial charge on any atom is 0.227 e. The summed E-state index contributed by atoms with van der Waals surface area (Å²) in [6.07, 6.45) is 6.54. The third-order valence-electron chi connectivity index (χ3n) is 4.13. The second-order valence-electron chi connectivity index (χ2n) is 5.51. The van der Waals surface area contributed by atoms with Crippen molar-refractivity contribution in [3.8, 4) is 11.5 Å². The largest absolute Gasteiger partial charge is 0.493 e. The topological polar surface area (TPSA) is 38.8 Å². The van der Waals surface area contributed by atoms with E-state index in [1.165, 1.54) is 12.8 Å². The van der Waals surface area contributed by atoms with E-state index in [-0.39, 0.29) is 12.0 Å². The zero-order valence-corrected chi connectivity index (χ0v) is 11.9. The van der Waals surface area contributed by atoms with Crippen molar-refractivity contribution in [1.29, 1.82) is 0 Å². The molecule has 1 heterocycles. The summed E-state index contributed by atoms with van der Waals surface area (Å²) in [5.41, 5.74) is 0.918. The molecule has 2 aliphatic rings. The highest BCUT2D eigenvalue weighted by molar-refractivity contribution is 5.95. The molecule has 0 unspecified atom stereocenters. The van der Waals surface area contributed by atoms with Crippen LogP contribution in [0.15, 0.2) is 18.2 Å². The van der Waals surface area contributed by atoms with Gasteiger partial charge in [0.2, 0.25) is 5.91 Å². The number of amides is 1. The standard InChI is InChI=1S/C16H21NO3/c1-19-14-9-8-12(17-10-4-7-16(17)18)11-15(14)20-13-5-2-3-6-13/h8-9,11,13H,2-7,10H2,1H3. The van der Waals surface area contributed by atoms with Crippen LogP contribution in [-0.4, -0.2) is 25.7 Å². The summed E-state index contributed by atoms with van der Waals surface area (Å²) in [5.74, 6) is 1.70. The normalized spacial score (nSPS) is 19.6. The number of hydrogen-bond acceptors (Lipinski definition) is 3. The lowest BCUT2D eigenvalue weighted by molar-refractivity contribution is -0.117. The monoisotopic (exact) mass is 275 g/mol. The maximum atomic E-state index is 11.8. The fourth-order valence-corrected chi connectivity index (χ4v) is 3.03. The van der Waals surface area contributed by atoms with Crippen LogP contribution in [0.4, 0.5) is 5.69 Å². The van der Waals surface area contributed by atoms with Gasteiger partial charge in [0, 0.05) is 24.7 Å². The van der Waals surface area contributed by atoms with Crippen molar-refractivity contribution in [2.75, 3.05) is 18.6 Å². The molecular formula is C16H21NO3. The van der Waals surface area contributed by atoms with Crippen molar-refractivity contribution in [1.82, 2.24) is 0 Å².